The molecule has 0 atom stereocenters. The zero-order valence-corrected chi connectivity index (χ0v) is 12.0. The molecule has 0 saturated carbocycles. The highest BCUT2D eigenvalue weighted by Crippen LogP contribution is 2.17. The lowest BCUT2D eigenvalue weighted by molar-refractivity contribution is 0.580. The Morgan fingerprint density at radius 3 is 2.75 bits per heavy atom. The Morgan fingerprint density at radius 1 is 1.25 bits per heavy atom. The Labute approximate surface area is 118 Å². The third-order valence-corrected chi connectivity index (χ3v) is 4.50. The minimum Gasteiger partial charge on any atom is -0.399 e. The topological polar surface area (TPSA) is 85.1 Å². The number of rotatable bonds is 5. The van der Waals surface area contributed by atoms with E-state index in [0.717, 1.165) is 5.69 Å². The Bertz CT molecular complexity index is 685. The summed E-state index contributed by atoms with van der Waals surface area (Å²) in [6.45, 7) is 2.04. The number of hydrogen-bond acceptors (Lipinski definition) is 4. The van der Waals surface area contributed by atoms with Gasteiger partial charge in [-0.05, 0) is 36.8 Å². The third-order valence-electron chi connectivity index (χ3n) is 2.90. The fourth-order valence-electron chi connectivity index (χ4n) is 1.84. The van der Waals surface area contributed by atoms with Gasteiger partial charge in [0.2, 0.25) is 10.0 Å². The van der Waals surface area contributed by atoms with E-state index in [0.29, 0.717) is 24.2 Å². The van der Waals surface area contributed by atoms with Gasteiger partial charge in [0.25, 0.3) is 0 Å². The average molecular weight is 291 g/mol. The molecule has 0 radical (unpaired) electrons. The molecule has 3 N–H and O–H groups in total. The molecule has 6 heteroatoms. The van der Waals surface area contributed by atoms with Crippen LogP contribution in [0.5, 0.6) is 0 Å². The quantitative estimate of drug-likeness (QED) is 0.817. The van der Waals surface area contributed by atoms with E-state index in [1.807, 2.05) is 18.2 Å². The molecule has 1 aromatic heterocycles. The standard InChI is InChI=1S/C14H17N3O2S/c1-11-5-6-12(15)10-14(11)20(18,19)17-9-7-13-4-2-3-8-16-13/h2-6,8,10,17H,7,9,15H2,1H3. The number of aromatic nitrogens is 1. The van der Waals surface area contributed by atoms with Crippen molar-refractivity contribution in [3.05, 3.63) is 53.9 Å². The second kappa shape index (κ2) is 6.02. The van der Waals surface area contributed by atoms with E-state index in [4.69, 9.17) is 5.73 Å². The third kappa shape index (κ3) is 3.55. The van der Waals surface area contributed by atoms with Crippen molar-refractivity contribution < 1.29 is 8.42 Å². The smallest absolute Gasteiger partial charge is 0.240 e. The molecule has 0 fully saturated rings. The zero-order valence-electron chi connectivity index (χ0n) is 11.2. The molecule has 106 valence electrons. The van der Waals surface area contributed by atoms with E-state index in [1.165, 1.54) is 6.07 Å². The summed E-state index contributed by atoms with van der Waals surface area (Å²) in [5.74, 6) is 0. The first-order chi connectivity index (χ1) is 9.49. The SMILES string of the molecule is Cc1ccc(N)cc1S(=O)(=O)NCCc1ccccn1. The molecule has 0 spiro atoms. The van der Waals surface area contributed by atoms with E-state index >= 15 is 0 Å². The van der Waals surface area contributed by atoms with Gasteiger partial charge >= 0.3 is 0 Å². The summed E-state index contributed by atoms with van der Waals surface area (Å²) in [5, 5.41) is 0. The van der Waals surface area contributed by atoms with E-state index in [2.05, 4.69) is 9.71 Å². The summed E-state index contributed by atoms with van der Waals surface area (Å²) in [6, 6.07) is 10.4. The van der Waals surface area contributed by atoms with Crippen molar-refractivity contribution in [2.24, 2.45) is 0 Å². The summed E-state index contributed by atoms with van der Waals surface area (Å²) >= 11 is 0. The summed E-state index contributed by atoms with van der Waals surface area (Å²) in [4.78, 5) is 4.37. The van der Waals surface area contributed by atoms with Crippen LogP contribution in [0.2, 0.25) is 0 Å². The number of benzene rings is 1. The van der Waals surface area contributed by atoms with Crippen LogP contribution in [0.3, 0.4) is 0 Å². The first kappa shape index (κ1) is 14.5. The van der Waals surface area contributed by atoms with Gasteiger partial charge in [0.05, 0.1) is 4.90 Å². The summed E-state index contributed by atoms with van der Waals surface area (Å²) < 4.78 is 27.0. The number of nitrogen functional groups attached to an aromatic ring is 1. The van der Waals surface area contributed by atoms with Crippen LogP contribution in [0.15, 0.2) is 47.5 Å². The van der Waals surface area contributed by atoms with Crippen LogP contribution < -0.4 is 10.5 Å². The number of nitrogens with two attached hydrogens (primary N) is 1. The molecule has 0 amide bonds. The van der Waals surface area contributed by atoms with Crippen molar-refractivity contribution in [2.45, 2.75) is 18.2 Å². The van der Waals surface area contributed by atoms with Gasteiger partial charge in [-0.3, -0.25) is 4.98 Å². The number of pyridine rings is 1. The van der Waals surface area contributed by atoms with Crippen LogP contribution in [0, 0.1) is 6.92 Å². The normalized spacial score (nSPS) is 11.4. The highest BCUT2D eigenvalue weighted by atomic mass is 32.2. The molecule has 0 bridgehead atoms. The Hall–Kier alpha value is -1.92. The fourth-order valence-corrected chi connectivity index (χ4v) is 3.15. The molecular weight excluding hydrogens is 274 g/mol. The summed E-state index contributed by atoms with van der Waals surface area (Å²) in [5.41, 5.74) is 7.59. The molecule has 0 aliphatic heterocycles. The van der Waals surface area contributed by atoms with E-state index in [9.17, 15) is 8.42 Å². The predicted molar refractivity (Wildman–Crippen MR) is 78.7 cm³/mol. The van der Waals surface area contributed by atoms with Crippen molar-refractivity contribution in [1.82, 2.24) is 9.71 Å². The monoisotopic (exact) mass is 291 g/mol. The number of aryl methyl sites for hydroxylation is 1. The maximum atomic E-state index is 12.2. The van der Waals surface area contributed by atoms with Crippen molar-refractivity contribution >= 4 is 15.7 Å². The van der Waals surface area contributed by atoms with Crippen molar-refractivity contribution in [3.8, 4) is 0 Å². The van der Waals surface area contributed by atoms with Gasteiger partial charge < -0.3 is 5.73 Å². The number of hydrogen-bond donors (Lipinski definition) is 2. The number of anilines is 1. The predicted octanol–water partition coefficient (Wildman–Crippen LogP) is 1.49. The van der Waals surface area contributed by atoms with Crippen LogP contribution in [0.25, 0.3) is 0 Å². The Balaban J connectivity index is 2.06. The van der Waals surface area contributed by atoms with E-state index in [1.54, 1.807) is 25.3 Å². The van der Waals surface area contributed by atoms with Gasteiger partial charge in [-0.1, -0.05) is 12.1 Å². The lowest BCUT2D eigenvalue weighted by atomic mass is 10.2. The molecule has 2 aromatic rings. The van der Waals surface area contributed by atoms with Crippen molar-refractivity contribution in [1.29, 1.82) is 0 Å². The molecule has 5 nitrogen and oxygen atoms in total. The van der Waals surface area contributed by atoms with Crippen LogP contribution in [-0.2, 0) is 16.4 Å². The average Bonchev–Trinajstić information content (AvgIpc) is 2.42. The van der Waals surface area contributed by atoms with Gasteiger partial charge in [0.15, 0.2) is 0 Å². The molecule has 1 aromatic carbocycles. The maximum Gasteiger partial charge on any atom is 0.240 e. The fraction of sp³-hybridized carbons (Fsp3) is 0.214. The second-order valence-corrected chi connectivity index (χ2v) is 6.23. The lowest BCUT2D eigenvalue weighted by Gasteiger charge is -2.09. The Morgan fingerprint density at radius 2 is 2.05 bits per heavy atom. The summed E-state index contributed by atoms with van der Waals surface area (Å²) in [7, 11) is -3.54. The molecule has 0 saturated heterocycles. The highest BCUT2D eigenvalue weighted by molar-refractivity contribution is 7.89. The molecule has 1 heterocycles. The lowest BCUT2D eigenvalue weighted by Crippen LogP contribution is -2.26. The first-order valence-corrected chi connectivity index (χ1v) is 7.73. The van der Waals surface area contributed by atoms with Gasteiger partial charge in [-0.25, -0.2) is 13.1 Å². The van der Waals surface area contributed by atoms with Crippen LogP contribution >= 0.6 is 0 Å². The molecular formula is C14H17N3O2S. The van der Waals surface area contributed by atoms with Crippen LogP contribution in [-0.4, -0.2) is 19.9 Å². The second-order valence-electron chi connectivity index (χ2n) is 4.49. The largest absolute Gasteiger partial charge is 0.399 e. The van der Waals surface area contributed by atoms with Gasteiger partial charge in [0, 0.05) is 30.5 Å². The first-order valence-electron chi connectivity index (χ1n) is 6.25. The maximum absolute atomic E-state index is 12.2. The van der Waals surface area contributed by atoms with Gasteiger partial charge in [-0.2, -0.15) is 0 Å². The molecule has 0 aliphatic rings. The van der Waals surface area contributed by atoms with Crippen LogP contribution in [0.1, 0.15) is 11.3 Å². The van der Waals surface area contributed by atoms with Crippen molar-refractivity contribution in [3.63, 3.8) is 0 Å². The number of nitrogens with zero attached hydrogens (tertiary/aromatic N) is 1. The Kier molecular flexibility index (Phi) is 4.36. The van der Waals surface area contributed by atoms with Gasteiger partial charge in [0.1, 0.15) is 0 Å². The molecule has 2 rings (SSSR count). The number of nitrogens with one attached hydrogen (secondary N) is 1. The van der Waals surface area contributed by atoms with Gasteiger partial charge in [-0.15, -0.1) is 0 Å². The zero-order chi connectivity index (χ0) is 14.6. The minimum atomic E-state index is -3.54. The molecule has 0 aliphatic carbocycles. The molecule has 0 unspecified atom stereocenters. The minimum absolute atomic E-state index is 0.221. The van der Waals surface area contributed by atoms with E-state index in [-0.39, 0.29) is 4.90 Å². The van der Waals surface area contributed by atoms with E-state index < -0.39 is 10.0 Å². The van der Waals surface area contributed by atoms with Crippen LogP contribution in [0.4, 0.5) is 5.69 Å². The highest BCUT2D eigenvalue weighted by Gasteiger charge is 2.16. The van der Waals surface area contributed by atoms with Crippen molar-refractivity contribution in [2.75, 3.05) is 12.3 Å². The number of sulfonamides is 1. The summed E-state index contributed by atoms with van der Waals surface area (Å²) in [6.07, 6.45) is 2.23. The molecule has 20 heavy (non-hydrogen) atoms.